The molecule has 20 heteroatoms. The van der Waals surface area contributed by atoms with Gasteiger partial charge in [0, 0.05) is 19.5 Å². The minimum absolute atomic E-state index is 0.0311. The van der Waals surface area contributed by atoms with Crippen molar-refractivity contribution >= 4 is 50.7 Å². The molecule has 0 bridgehead atoms. The number of hydrogen-bond acceptors (Lipinski definition) is 10. The number of allylic oxidation sites excluding steroid dienone is 1. The highest BCUT2D eigenvalue weighted by molar-refractivity contribution is 7.91. The van der Waals surface area contributed by atoms with Gasteiger partial charge in [0.05, 0.1) is 22.8 Å². The van der Waals surface area contributed by atoms with Crippen molar-refractivity contribution in [2.24, 2.45) is 5.92 Å². The smallest absolute Gasteiger partial charge is 0.438 e. The average molecular weight is 849 g/mol. The molecule has 0 radical (unpaired) electrons. The number of alkyl halides is 3. The molecule has 0 spiro atoms. The number of benzene rings is 1. The molecular weight excluding hydrogens is 798 g/mol. The van der Waals surface area contributed by atoms with Crippen LogP contribution in [0.15, 0.2) is 36.4 Å². The Morgan fingerprint density at radius 3 is 2.37 bits per heavy atom. The Labute approximate surface area is 340 Å². The third kappa shape index (κ3) is 10.2. The van der Waals surface area contributed by atoms with E-state index < -0.39 is 99.0 Å². The summed E-state index contributed by atoms with van der Waals surface area (Å²) in [5, 5.41) is 7.49. The summed E-state index contributed by atoms with van der Waals surface area (Å²) in [5.41, 5.74) is -3.17. The summed E-state index contributed by atoms with van der Waals surface area (Å²) in [7, 11) is -4.04. The predicted molar refractivity (Wildman–Crippen MR) is 208 cm³/mol. The number of amides is 6. The molecule has 1 aromatic heterocycles. The molecule has 5 atom stereocenters. The molecule has 1 saturated carbocycles. The molecule has 3 fully saturated rings. The number of ether oxygens (including phenoxy) is 1. The molecule has 59 heavy (non-hydrogen) atoms. The maximum absolute atomic E-state index is 14.7. The van der Waals surface area contributed by atoms with Crippen LogP contribution < -0.4 is 25.4 Å². The van der Waals surface area contributed by atoms with Crippen molar-refractivity contribution in [3.8, 4) is 5.88 Å². The fourth-order valence-corrected chi connectivity index (χ4v) is 9.11. The van der Waals surface area contributed by atoms with Crippen molar-refractivity contribution < 1.29 is 50.3 Å². The van der Waals surface area contributed by atoms with Gasteiger partial charge in [0.25, 0.3) is 5.91 Å². The third-order valence-electron chi connectivity index (χ3n) is 11.1. The summed E-state index contributed by atoms with van der Waals surface area (Å²) >= 11 is 0. The van der Waals surface area contributed by atoms with E-state index in [1.807, 2.05) is 6.08 Å². The summed E-state index contributed by atoms with van der Waals surface area (Å²) in [6.07, 6.45) is 0.569. The molecule has 3 aliphatic heterocycles. The van der Waals surface area contributed by atoms with Gasteiger partial charge in [-0.05, 0) is 69.9 Å². The van der Waals surface area contributed by atoms with Crippen LogP contribution in [0.2, 0.25) is 0 Å². The monoisotopic (exact) mass is 848 g/mol. The minimum atomic E-state index is -4.99. The van der Waals surface area contributed by atoms with Gasteiger partial charge < -0.3 is 30.5 Å². The number of fused-ring (bicyclic) bond motifs is 2. The van der Waals surface area contributed by atoms with E-state index in [9.17, 15) is 45.6 Å². The number of carbonyl (C=O) groups excluding carboxylic acids is 5. The lowest BCUT2D eigenvalue weighted by Crippen LogP contribution is -2.62. The number of nitrogens with zero attached hydrogens (tertiary/aromatic N) is 4. The van der Waals surface area contributed by atoms with E-state index >= 15 is 0 Å². The summed E-state index contributed by atoms with van der Waals surface area (Å²) in [5.74, 6) is -4.43. The molecule has 1 aliphatic carbocycles. The second-order valence-electron chi connectivity index (χ2n) is 16.2. The second-order valence-corrected chi connectivity index (χ2v) is 18.1. The standard InChI is InChI=1S/C39H51F3N8O8S/c1-23(2)30(49-20-12-19-43-37(49)55)33(52)45-28-15-8-6-4-5-7-11-18-38(3,36(54)48-59(56,57)25-16-17-25)47-32(51)29-21-24(22-50(29)35(28)53)58-34-31(39(40,41)42)44-26-13-9-10-14-27(26)46-34/h7,9-11,13-14,23-25,28-30H,4-6,8,12,15-22H2,1-3H3,(H,43,55)(H,45,52)(H,47,51)(H,48,54)/b11-7-/t24-,28+,29+,30+,38-/m1/s1. The van der Waals surface area contributed by atoms with Crippen LogP contribution >= 0.6 is 0 Å². The van der Waals surface area contributed by atoms with E-state index in [1.165, 1.54) is 30.0 Å². The molecule has 4 heterocycles. The highest BCUT2D eigenvalue weighted by Crippen LogP contribution is 2.37. The maximum atomic E-state index is 14.7. The van der Waals surface area contributed by atoms with E-state index in [2.05, 4.69) is 30.6 Å². The molecule has 2 saturated heterocycles. The first-order chi connectivity index (χ1) is 27.9. The van der Waals surface area contributed by atoms with E-state index in [0.717, 1.165) is 4.90 Å². The van der Waals surface area contributed by atoms with Crippen LogP contribution in [0.1, 0.15) is 90.7 Å². The molecule has 2 aromatic rings. The van der Waals surface area contributed by atoms with Gasteiger partial charge in [0.2, 0.25) is 39.3 Å². The fraction of sp³-hybridized carbons (Fsp3) is 0.615. The van der Waals surface area contributed by atoms with Crippen LogP contribution in [-0.4, -0.2) is 112 Å². The largest absolute Gasteiger partial charge is 0.471 e. The van der Waals surface area contributed by atoms with Gasteiger partial charge in [-0.3, -0.25) is 23.9 Å². The molecule has 4 aliphatic rings. The van der Waals surface area contributed by atoms with Crippen molar-refractivity contribution in [2.45, 2.75) is 126 Å². The number of urea groups is 1. The first kappa shape index (κ1) is 43.6. The van der Waals surface area contributed by atoms with Crippen LogP contribution in [0.4, 0.5) is 18.0 Å². The molecule has 6 rings (SSSR count). The van der Waals surface area contributed by atoms with Crippen LogP contribution in [-0.2, 0) is 35.4 Å². The Bertz CT molecular complexity index is 2080. The quantitative estimate of drug-likeness (QED) is 0.271. The highest BCUT2D eigenvalue weighted by Gasteiger charge is 2.48. The Kier molecular flexibility index (Phi) is 13.1. The zero-order valence-electron chi connectivity index (χ0n) is 33.2. The highest BCUT2D eigenvalue weighted by atomic mass is 32.2. The van der Waals surface area contributed by atoms with Crippen molar-refractivity contribution in [1.82, 2.24) is 40.4 Å². The SMILES string of the molecule is CC(C)[C@@H](C(=O)N[C@H]1CCCCC/C=C\C[C@](C)(C(=O)NS(=O)(=O)C2CC2)NC(=O)[C@@H]2C[C@@H](Oc3nc4ccccc4nc3C(F)(F)F)CN2C1=O)N1CCCNC1=O. The lowest BCUT2D eigenvalue weighted by molar-refractivity contribution is -0.144. The summed E-state index contributed by atoms with van der Waals surface area (Å²) < 4.78 is 76.7. The number of aromatic nitrogens is 2. The van der Waals surface area contributed by atoms with Gasteiger partial charge in [0.1, 0.15) is 29.8 Å². The lowest BCUT2D eigenvalue weighted by atomic mass is 9.95. The van der Waals surface area contributed by atoms with Crippen molar-refractivity contribution in [3.05, 3.63) is 42.1 Å². The first-order valence-electron chi connectivity index (χ1n) is 20.1. The maximum Gasteiger partial charge on any atom is 0.438 e. The molecule has 4 N–H and O–H groups in total. The Balaban J connectivity index is 1.35. The summed E-state index contributed by atoms with van der Waals surface area (Å²) in [6, 6.07) is 1.85. The number of nitrogens with one attached hydrogen (secondary N) is 4. The van der Waals surface area contributed by atoms with Gasteiger partial charge >= 0.3 is 12.2 Å². The van der Waals surface area contributed by atoms with Gasteiger partial charge in [-0.25, -0.2) is 23.2 Å². The Morgan fingerprint density at radius 2 is 1.71 bits per heavy atom. The summed E-state index contributed by atoms with van der Waals surface area (Å²) in [6.45, 7) is 5.24. The number of halogens is 3. The Morgan fingerprint density at radius 1 is 1.00 bits per heavy atom. The normalized spacial score (nSPS) is 26.2. The van der Waals surface area contributed by atoms with Crippen LogP contribution in [0.25, 0.3) is 11.0 Å². The lowest BCUT2D eigenvalue weighted by Gasteiger charge is -2.37. The minimum Gasteiger partial charge on any atom is -0.471 e. The van der Waals surface area contributed by atoms with Crippen LogP contribution in [0, 0.1) is 5.92 Å². The van der Waals surface area contributed by atoms with Crippen LogP contribution in [0.5, 0.6) is 5.88 Å². The van der Waals surface area contributed by atoms with Crippen molar-refractivity contribution in [2.75, 3.05) is 19.6 Å². The van der Waals surface area contributed by atoms with Crippen molar-refractivity contribution in [1.29, 1.82) is 0 Å². The topological polar surface area (TPSA) is 209 Å². The predicted octanol–water partition coefficient (Wildman–Crippen LogP) is 3.32. The van der Waals surface area contributed by atoms with E-state index in [0.29, 0.717) is 58.0 Å². The molecule has 322 valence electrons. The molecule has 0 unspecified atom stereocenters. The Hall–Kier alpha value is -5.01. The number of carbonyl (C=O) groups is 5. The number of para-hydroxylation sites is 2. The number of hydrogen-bond donors (Lipinski definition) is 4. The fourth-order valence-electron chi connectivity index (χ4n) is 7.70. The molecule has 16 nitrogen and oxygen atoms in total. The van der Waals surface area contributed by atoms with E-state index in [4.69, 9.17) is 4.74 Å². The van der Waals surface area contributed by atoms with Gasteiger partial charge in [-0.1, -0.05) is 51.0 Å². The average Bonchev–Trinajstić information content (AvgIpc) is 3.96. The second kappa shape index (κ2) is 17.7. The molecule has 1 aromatic carbocycles. The van der Waals surface area contributed by atoms with Crippen LogP contribution in [0.3, 0.4) is 0 Å². The molecule has 6 amide bonds. The molecular formula is C39H51F3N8O8S. The zero-order chi connectivity index (χ0) is 42.7. The van der Waals surface area contributed by atoms with Gasteiger partial charge in [-0.15, -0.1) is 0 Å². The van der Waals surface area contributed by atoms with Gasteiger partial charge in [0.15, 0.2) is 0 Å². The van der Waals surface area contributed by atoms with Crippen molar-refractivity contribution in [3.63, 3.8) is 0 Å². The number of rotatable bonds is 9. The number of sulfonamides is 1. The van der Waals surface area contributed by atoms with Gasteiger partial charge in [-0.2, -0.15) is 13.2 Å². The first-order valence-corrected chi connectivity index (χ1v) is 21.6. The summed E-state index contributed by atoms with van der Waals surface area (Å²) in [4.78, 5) is 80.2. The zero-order valence-corrected chi connectivity index (χ0v) is 34.0. The van der Waals surface area contributed by atoms with E-state index in [-0.39, 0.29) is 36.2 Å². The third-order valence-corrected chi connectivity index (χ3v) is 12.9. The van der Waals surface area contributed by atoms with E-state index in [1.54, 1.807) is 26.0 Å².